The molecule has 0 radical (unpaired) electrons. The van der Waals surface area contributed by atoms with Gasteiger partial charge in [-0.25, -0.2) is 4.98 Å². The molecular formula is C10H13IN2O. The summed E-state index contributed by atoms with van der Waals surface area (Å²) in [7, 11) is 0. The van der Waals surface area contributed by atoms with Crippen LogP contribution in [0.25, 0.3) is 0 Å². The molecule has 4 heteroatoms. The maximum Gasteiger partial charge on any atom is 0.267 e. The molecule has 0 N–H and O–H groups in total. The zero-order chi connectivity index (χ0) is 10.1. The van der Waals surface area contributed by atoms with E-state index >= 15 is 0 Å². The van der Waals surface area contributed by atoms with Crippen molar-refractivity contribution in [2.75, 3.05) is 0 Å². The van der Waals surface area contributed by atoms with E-state index in [1.807, 2.05) is 6.92 Å². The molecule has 0 atom stereocenters. The van der Waals surface area contributed by atoms with Gasteiger partial charge in [-0.2, -0.15) is 0 Å². The molecule has 0 spiro atoms. The third kappa shape index (κ3) is 1.85. The minimum atomic E-state index is 0.116. The van der Waals surface area contributed by atoms with Gasteiger partial charge >= 0.3 is 0 Å². The van der Waals surface area contributed by atoms with Crippen LogP contribution >= 0.6 is 22.6 Å². The third-order valence-electron chi connectivity index (χ3n) is 2.84. The van der Waals surface area contributed by atoms with Crippen LogP contribution in [0.3, 0.4) is 0 Å². The molecule has 2 rings (SSSR count). The van der Waals surface area contributed by atoms with Gasteiger partial charge in [0.25, 0.3) is 5.56 Å². The molecule has 0 bridgehead atoms. The van der Waals surface area contributed by atoms with E-state index < -0.39 is 0 Å². The lowest BCUT2D eigenvalue weighted by Gasteiger charge is -2.25. The van der Waals surface area contributed by atoms with Crippen molar-refractivity contribution in [3.8, 4) is 0 Å². The SMILES string of the molecule is Cc1ncn(CC2CCC2)c(=O)c1I. The molecule has 1 saturated carbocycles. The normalized spacial score (nSPS) is 16.7. The quantitative estimate of drug-likeness (QED) is 0.783. The highest BCUT2D eigenvalue weighted by Crippen LogP contribution is 2.27. The maximum absolute atomic E-state index is 11.8. The van der Waals surface area contributed by atoms with Gasteiger partial charge in [-0.05, 0) is 48.3 Å². The molecule has 1 aromatic rings. The smallest absolute Gasteiger partial charge is 0.267 e. The molecule has 14 heavy (non-hydrogen) atoms. The van der Waals surface area contributed by atoms with Crippen LogP contribution in [-0.2, 0) is 6.54 Å². The van der Waals surface area contributed by atoms with E-state index in [9.17, 15) is 4.79 Å². The van der Waals surface area contributed by atoms with Crippen LogP contribution in [0.1, 0.15) is 25.0 Å². The van der Waals surface area contributed by atoms with Crippen LogP contribution in [0.15, 0.2) is 11.1 Å². The fourth-order valence-electron chi connectivity index (χ4n) is 1.63. The van der Waals surface area contributed by atoms with E-state index in [1.54, 1.807) is 10.9 Å². The van der Waals surface area contributed by atoms with Crippen molar-refractivity contribution in [2.45, 2.75) is 32.7 Å². The molecule has 0 amide bonds. The maximum atomic E-state index is 11.8. The van der Waals surface area contributed by atoms with Gasteiger partial charge in [-0.3, -0.25) is 9.36 Å². The molecule has 1 heterocycles. The summed E-state index contributed by atoms with van der Waals surface area (Å²) in [4.78, 5) is 16.0. The molecular weight excluding hydrogens is 291 g/mol. The summed E-state index contributed by atoms with van der Waals surface area (Å²) in [5.41, 5.74) is 0.949. The van der Waals surface area contributed by atoms with E-state index in [4.69, 9.17) is 0 Å². The Morgan fingerprint density at radius 1 is 1.64 bits per heavy atom. The first-order valence-electron chi connectivity index (χ1n) is 4.90. The number of halogens is 1. The highest BCUT2D eigenvalue weighted by Gasteiger charge is 2.18. The second kappa shape index (κ2) is 4.00. The van der Waals surface area contributed by atoms with Crippen molar-refractivity contribution in [1.29, 1.82) is 0 Å². The second-order valence-corrected chi connectivity index (χ2v) is 4.98. The molecule has 1 fully saturated rings. The highest BCUT2D eigenvalue weighted by atomic mass is 127. The fraction of sp³-hybridized carbons (Fsp3) is 0.600. The Kier molecular flexibility index (Phi) is 2.90. The predicted molar refractivity (Wildman–Crippen MR) is 63.3 cm³/mol. The summed E-state index contributed by atoms with van der Waals surface area (Å²) < 4.78 is 2.50. The Morgan fingerprint density at radius 2 is 2.36 bits per heavy atom. The van der Waals surface area contributed by atoms with E-state index in [0.29, 0.717) is 5.92 Å². The number of aromatic nitrogens is 2. The first kappa shape index (κ1) is 10.1. The summed E-state index contributed by atoms with van der Waals surface area (Å²) >= 11 is 2.08. The van der Waals surface area contributed by atoms with Crippen LogP contribution in [0.2, 0.25) is 0 Å². The number of hydrogen-bond donors (Lipinski definition) is 0. The van der Waals surface area contributed by atoms with Gasteiger partial charge < -0.3 is 0 Å². The molecule has 3 nitrogen and oxygen atoms in total. The zero-order valence-electron chi connectivity index (χ0n) is 8.16. The van der Waals surface area contributed by atoms with Crippen LogP contribution in [0.5, 0.6) is 0 Å². The molecule has 0 saturated heterocycles. The van der Waals surface area contributed by atoms with Crippen molar-refractivity contribution >= 4 is 22.6 Å². The first-order valence-corrected chi connectivity index (χ1v) is 5.98. The lowest BCUT2D eigenvalue weighted by atomic mass is 9.85. The lowest BCUT2D eigenvalue weighted by Crippen LogP contribution is -2.29. The monoisotopic (exact) mass is 304 g/mol. The topological polar surface area (TPSA) is 34.9 Å². The number of nitrogens with zero attached hydrogens (tertiary/aromatic N) is 2. The minimum Gasteiger partial charge on any atom is -0.298 e. The molecule has 0 aromatic carbocycles. The van der Waals surface area contributed by atoms with Crippen molar-refractivity contribution in [1.82, 2.24) is 9.55 Å². The average Bonchev–Trinajstić information content (AvgIpc) is 2.10. The fourth-order valence-corrected chi connectivity index (χ4v) is 2.08. The Hall–Kier alpha value is -0.390. The molecule has 76 valence electrons. The average molecular weight is 304 g/mol. The van der Waals surface area contributed by atoms with Crippen LogP contribution in [0, 0.1) is 16.4 Å². The summed E-state index contributed by atoms with van der Waals surface area (Å²) in [5, 5.41) is 0. The summed E-state index contributed by atoms with van der Waals surface area (Å²) in [5.74, 6) is 0.702. The van der Waals surface area contributed by atoms with Gasteiger partial charge in [0.1, 0.15) is 0 Å². The first-order chi connectivity index (χ1) is 6.68. The summed E-state index contributed by atoms with van der Waals surface area (Å²) in [6, 6.07) is 0. The molecule has 0 unspecified atom stereocenters. The van der Waals surface area contributed by atoms with Crippen molar-refractivity contribution in [2.24, 2.45) is 5.92 Å². The van der Waals surface area contributed by atoms with Crippen molar-refractivity contribution in [3.63, 3.8) is 0 Å². The van der Waals surface area contributed by atoms with E-state index in [2.05, 4.69) is 27.6 Å². The van der Waals surface area contributed by atoms with E-state index in [0.717, 1.165) is 15.8 Å². The van der Waals surface area contributed by atoms with Gasteiger partial charge in [0, 0.05) is 6.54 Å². The number of rotatable bonds is 2. The van der Waals surface area contributed by atoms with Gasteiger partial charge in [0.15, 0.2) is 0 Å². The van der Waals surface area contributed by atoms with Crippen LogP contribution in [0.4, 0.5) is 0 Å². The third-order valence-corrected chi connectivity index (χ3v) is 4.08. The summed E-state index contributed by atoms with van der Waals surface area (Å²) in [6.45, 7) is 2.72. The molecule has 0 aliphatic heterocycles. The minimum absolute atomic E-state index is 0.116. The van der Waals surface area contributed by atoms with Gasteiger partial charge in [0.05, 0.1) is 15.6 Å². The van der Waals surface area contributed by atoms with E-state index in [1.165, 1.54) is 19.3 Å². The Balaban J connectivity index is 2.25. The molecule has 1 aromatic heterocycles. The van der Waals surface area contributed by atoms with Gasteiger partial charge in [-0.15, -0.1) is 0 Å². The highest BCUT2D eigenvalue weighted by molar-refractivity contribution is 14.1. The van der Waals surface area contributed by atoms with Gasteiger partial charge in [0.2, 0.25) is 0 Å². The van der Waals surface area contributed by atoms with Crippen molar-refractivity contribution < 1.29 is 0 Å². The largest absolute Gasteiger partial charge is 0.298 e. The Bertz CT molecular complexity index is 396. The Labute approximate surface area is 96.7 Å². The molecule has 1 aliphatic rings. The van der Waals surface area contributed by atoms with Crippen LogP contribution < -0.4 is 5.56 Å². The second-order valence-electron chi connectivity index (χ2n) is 3.90. The number of aryl methyl sites for hydroxylation is 1. The standard InChI is InChI=1S/C10H13IN2O/c1-7-9(11)10(14)13(6-12-7)5-8-3-2-4-8/h6,8H,2-5H2,1H3. The number of hydrogen-bond acceptors (Lipinski definition) is 2. The Morgan fingerprint density at radius 3 is 2.93 bits per heavy atom. The van der Waals surface area contributed by atoms with Crippen LogP contribution in [-0.4, -0.2) is 9.55 Å². The van der Waals surface area contributed by atoms with Crippen molar-refractivity contribution in [3.05, 3.63) is 25.9 Å². The van der Waals surface area contributed by atoms with Gasteiger partial charge in [-0.1, -0.05) is 6.42 Å². The zero-order valence-corrected chi connectivity index (χ0v) is 10.3. The summed E-state index contributed by atoms with van der Waals surface area (Å²) in [6.07, 6.45) is 5.52. The lowest BCUT2D eigenvalue weighted by molar-refractivity contribution is 0.272. The predicted octanol–water partition coefficient (Wildman–Crippen LogP) is 1.96. The van der Waals surface area contributed by atoms with E-state index in [-0.39, 0.29) is 5.56 Å². The molecule has 1 aliphatic carbocycles.